The van der Waals surface area contributed by atoms with Crippen molar-refractivity contribution in [2.45, 2.75) is 118 Å². The fraction of sp³-hybridized carbons (Fsp3) is 0.481. The Bertz CT molecular complexity index is 1940. The molecule has 0 saturated heterocycles. The van der Waals surface area contributed by atoms with Crippen molar-refractivity contribution in [3.63, 3.8) is 0 Å². The summed E-state index contributed by atoms with van der Waals surface area (Å²) in [5.74, 6) is 0.602. The average Bonchev–Trinajstić information content (AvgIpc) is 3.26. The molecule has 2 amide bonds. The molecule has 0 aromatic heterocycles. The molecule has 2 unspecified atom stereocenters. The Hall–Kier alpha value is -4.99. The van der Waals surface area contributed by atoms with Crippen molar-refractivity contribution < 1.29 is 28.6 Å². The molecule has 9 nitrogen and oxygen atoms in total. The van der Waals surface area contributed by atoms with Gasteiger partial charge in [-0.2, -0.15) is 0 Å². The van der Waals surface area contributed by atoms with Crippen molar-refractivity contribution in [1.82, 2.24) is 10.6 Å². The molecule has 4 aromatic rings. The van der Waals surface area contributed by atoms with Crippen LogP contribution in [0.1, 0.15) is 143 Å². The summed E-state index contributed by atoms with van der Waals surface area (Å²) in [6.07, 6.45) is 10.5. The minimum Gasteiger partial charge on any atom is -0.493 e. The smallest absolute Gasteiger partial charge is 0.251 e. The largest absolute Gasteiger partial charge is 0.493 e. The molecule has 0 aliphatic carbocycles. The molecule has 0 aliphatic heterocycles. The predicted octanol–water partition coefficient (Wildman–Crippen LogP) is 10.4. The lowest BCUT2D eigenvalue weighted by Crippen LogP contribution is -2.34. The number of Topliss-reactive ketones (excluding diaryl/α,β-unsaturated/α-hetero) is 1. The maximum Gasteiger partial charge on any atom is 0.251 e. The van der Waals surface area contributed by atoms with Crippen LogP contribution in [0.25, 0.3) is 0 Å². The second-order valence-corrected chi connectivity index (χ2v) is 16.4. The molecule has 61 heavy (non-hydrogen) atoms. The number of nitrogens with one attached hydrogen (secondary N) is 2. The quantitative estimate of drug-likeness (QED) is 0.0384. The first-order valence-electron chi connectivity index (χ1n) is 22.5. The van der Waals surface area contributed by atoms with E-state index in [0.29, 0.717) is 69.9 Å². The first-order chi connectivity index (χ1) is 29.5. The van der Waals surface area contributed by atoms with E-state index in [2.05, 4.69) is 17.6 Å². The van der Waals surface area contributed by atoms with Gasteiger partial charge in [0.2, 0.25) is 5.91 Å². The van der Waals surface area contributed by atoms with E-state index in [0.717, 1.165) is 63.3 Å². The van der Waals surface area contributed by atoms with Crippen LogP contribution in [0.5, 0.6) is 11.5 Å². The number of benzene rings is 4. The third-order valence-electron chi connectivity index (χ3n) is 11.6. The van der Waals surface area contributed by atoms with E-state index in [-0.39, 0.29) is 30.1 Å². The van der Waals surface area contributed by atoms with Crippen molar-refractivity contribution in [3.8, 4) is 11.5 Å². The Labute approximate surface area is 365 Å². The summed E-state index contributed by atoms with van der Waals surface area (Å²) < 4.78 is 17.7. The summed E-state index contributed by atoms with van der Waals surface area (Å²) in [6.45, 7) is 14.8. The number of hydrogen-bond donors (Lipinski definition) is 3. The molecule has 4 aromatic carbocycles. The third-order valence-corrected chi connectivity index (χ3v) is 11.6. The van der Waals surface area contributed by atoms with E-state index in [1.165, 1.54) is 32.1 Å². The first-order valence-corrected chi connectivity index (χ1v) is 22.5. The fourth-order valence-electron chi connectivity index (χ4n) is 7.37. The summed E-state index contributed by atoms with van der Waals surface area (Å²) >= 11 is 0. The van der Waals surface area contributed by atoms with Gasteiger partial charge in [-0.1, -0.05) is 94.3 Å². The molecule has 0 saturated carbocycles. The Morgan fingerprint density at radius 2 is 1.25 bits per heavy atom. The lowest BCUT2D eigenvalue weighted by Gasteiger charge is -2.17. The molecule has 0 spiro atoms. The van der Waals surface area contributed by atoms with Crippen LogP contribution in [-0.4, -0.2) is 57.1 Å². The van der Waals surface area contributed by atoms with E-state index >= 15 is 0 Å². The van der Waals surface area contributed by atoms with E-state index in [1.807, 2.05) is 113 Å². The number of ketones is 1. The number of amides is 2. The highest BCUT2D eigenvalue weighted by atomic mass is 16.5. The Morgan fingerprint density at radius 3 is 1.95 bits per heavy atom. The van der Waals surface area contributed by atoms with Crippen LogP contribution in [0.4, 0.5) is 0 Å². The Kier molecular flexibility index (Phi) is 21.0. The normalized spacial score (nSPS) is 12.1. The topological polar surface area (TPSA) is 129 Å². The highest BCUT2D eigenvalue weighted by Crippen LogP contribution is 2.26. The maximum atomic E-state index is 13.5. The van der Waals surface area contributed by atoms with Gasteiger partial charge in [0, 0.05) is 36.6 Å². The van der Waals surface area contributed by atoms with Gasteiger partial charge in [0.25, 0.3) is 5.91 Å². The molecule has 2 atom stereocenters. The molecule has 4 N–H and O–H groups in total. The maximum absolute atomic E-state index is 13.5. The van der Waals surface area contributed by atoms with Crippen LogP contribution >= 0.6 is 0 Å². The van der Waals surface area contributed by atoms with Gasteiger partial charge in [0.05, 0.1) is 25.9 Å². The second-order valence-electron chi connectivity index (χ2n) is 16.4. The first kappa shape index (κ1) is 48.7. The summed E-state index contributed by atoms with van der Waals surface area (Å²) in [7, 11) is 0. The average molecular weight is 834 g/mol. The number of nitrogens with two attached hydrogens (primary N) is 1. The zero-order chi connectivity index (χ0) is 44.0. The van der Waals surface area contributed by atoms with E-state index < -0.39 is 5.92 Å². The third kappa shape index (κ3) is 16.4. The fourth-order valence-corrected chi connectivity index (χ4v) is 7.37. The van der Waals surface area contributed by atoms with Crippen LogP contribution in [-0.2, 0) is 9.53 Å². The number of rotatable bonds is 28. The van der Waals surface area contributed by atoms with E-state index in [9.17, 15) is 14.4 Å². The summed E-state index contributed by atoms with van der Waals surface area (Å²) in [5, 5.41) is 6.04. The molecule has 0 heterocycles. The molecular weight excluding hydrogens is 763 g/mol. The van der Waals surface area contributed by atoms with Gasteiger partial charge in [-0.05, 0) is 129 Å². The molecule has 9 heteroatoms. The number of ether oxygens (including phenoxy) is 3. The van der Waals surface area contributed by atoms with Crippen molar-refractivity contribution in [2.75, 3.05) is 39.5 Å². The zero-order valence-corrected chi connectivity index (χ0v) is 37.7. The molecule has 330 valence electrons. The number of aryl methyl sites for hydroxylation is 3. The predicted molar refractivity (Wildman–Crippen MR) is 247 cm³/mol. The van der Waals surface area contributed by atoms with Gasteiger partial charge in [-0.15, -0.1) is 0 Å². The van der Waals surface area contributed by atoms with Gasteiger partial charge in [0.1, 0.15) is 18.1 Å². The van der Waals surface area contributed by atoms with Crippen molar-refractivity contribution in [3.05, 3.63) is 129 Å². The standard InChI is InChI=1S/C52H71N3O6/c1-7-8-9-10-11-12-18-28-61-49-36-46(34-39(4)41(49)6)52(58)54-26-17-16-21-44(35-48(56)45-32-37(2)40(5)38(3)33-45)51(57)55-27-29-59-30-31-60-47-24-22-43(23-25-47)50(53)42-19-14-13-15-20-42/h13-15,19-20,22-25,32-34,36,44,50H,7-12,16-18,21,26-31,35,53H2,1-6H3,(H,54,58)(H,55,57). The molecular formula is C52H71N3O6. The van der Waals surface area contributed by atoms with Gasteiger partial charge in [-0.25, -0.2) is 0 Å². The minimum absolute atomic E-state index is 0.0529. The highest BCUT2D eigenvalue weighted by molar-refractivity contribution is 5.99. The van der Waals surface area contributed by atoms with Gasteiger partial charge in [0.15, 0.2) is 5.78 Å². The van der Waals surface area contributed by atoms with Crippen LogP contribution in [0, 0.1) is 40.5 Å². The minimum atomic E-state index is -0.512. The van der Waals surface area contributed by atoms with Crippen molar-refractivity contribution >= 4 is 17.6 Å². The summed E-state index contributed by atoms with van der Waals surface area (Å²) in [4.78, 5) is 40.3. The highest BCUT2D eigenvalue weighted by Gasteiger charge is 2.23. The van der Waals surface area contributed by atoms with Gasteiger partial charge < -0.3 is 30.6 Å². The molecule has 0 bridgehead atoms. The van der Waals surface area contributed by atoms with Gasteiger partial charge >= 0.3 is 0 Å². The van der Waals surface area contributed by atoms with Crippen LogP contribution in [0.15, 0.2) is 78.9 Å². The van der Waals surface area contributed by atoms with Crippen LogP contribution < -0.4 is 25.8 Å². The number of carbonyl (C=O) groups excluding carboxylic acids is 3. The molecule has 0 fully saturated rings. The van der Waals surface area contributed by atoms with Crippen LogP contribution in [0.3, 0.4) is 0 Å². The molecule has 0 aliphatic rings. The number of carbonyl (C=O) groups is 3. The molecule has 4 rings (SSSR count). The monoisotopic (exact) mass is 834 g/mol. The van der Waals surface area contributed by atoms with Gasteiger partial charge in [-0.3, -0.25) is 14.4 Å². The second kappa shape index (κ2) is 26.4. The molecule has 0 radical (unpaired) electrons. The lowest BCUT2D eigenvalue weighted by molar-refractivity contribution is -0.125. The Morgan fingerprint density at radius 1 is 0.607 bits per heavy atom. The SMILES string of the molecule is CCCCCCCCCOc1cc(C(=O)NCCCCC(CC(=O)c2cc(C)c(C)c(C)c2)C(=O)NCCOCCOc2ccc(C(N)c3ccccc3)cc2)cc(C)c1C. The van der Waals surface area contributed by atoms with E-state index in [4.69, 9.17) is 19.9 Å². The van der Waals surface area contributed by atoms with Crippen LogP contribution in [0.2, 0.25) is 0 Å². The zero-order valence-electron chi connectivity index (χ0n) is 37.7. The summed E-state index contributed by atoms with van der Waals surface area (Å²) in [5.41, 5.74) is 15.0. The van der Waals surface area contributed by atoms with Crippen molar-refractivity contribution in [1.29, 1.82) is 0 Å². The summed E-state index contributed by atoms with van der Waals surface area (Å²) in [6, 6.07) is 25.1. The number of unbranched alkanes of at least 4 members (excludes halogenated alkanes) is 7. The number of hydrogen-bond acceptors (Lipinski definition) is 7. The van der Waals surface area contributed by atoms with E-state index in [1.54, 1.807) is 0 Å². The Balaban J connectivity index is 1.21. The van der Waals surface area contributed by atoms with Crippen molar-refractivity contribution in [2.24, 2.45) is 11.7 Å². The lowest BCUT2D eigenvalue weighted by atomic mass is 9.90.